The smallest absolute Gasteiger partial charge is 0.257 e. The molecule has 1 saturated heterocycles. The second-order valence-corrected chi connectivity index (χ2v) is 3.78. The lowest BCUT2D eigenvalue weighted by atomic mass is 10.3. The number of likely N-dealkylation sites (tertiary alicyclic amines) is 1. The van der Waals surface area contributed by atoms with Crippen molar-refractivity contribution >= 4 is 5.91 Å². The fourth-order valence-electron chi connectivity index (χ4n) is 1.76. The Labute approximate surface area is 88.3 Å². The van der Waals surface area contributed by atoms with Crippen LogP contribution in [0.15, 0.2) is 12.4 Å². The van der Waals surface area contributed by atoms with Crippen LogP contribution < -0.4 is 0 Å². The van der Waals surface area contributed by atoms with E-state index in [9.17, 15) is 9.90 Å². The second-order valence-electron chi connectivity index (χ2n) is 3.78. The summed E-state index contributed by atoms with van der Waals surface area (Å²) in [7, 11) is 0. The van der Waals surface area contributed by atoms with E-state index in [4.69, 9.17) is 0 Å². The third kappa shape index (κ3) is 2.02. The van der Waals surface area contributed by atoms with Crippen LogP contribution in [0.25, 0.3) is 0 Å². The van der Waals surface area contributed by atoms with Crippen LogP contribution in [0.4, 0.5) is 0 Å². The van der Waals surface area contributed by atoms with Gasteiger partial charge in [0.2, 0.25) is 0 Å². The van der Waals surface area contributed by atoms with E-state index in [0.29, 0.717) is 25.1 Å². The summed E-state index contributed by atoms with van der Waals surface area (Å²) in [5.41, 5.74) is 0.603. The van der Waals surface area contributed by atoms with Gasteiger partial charge >= 0.3 is 0 Å². The van der Waals surface area contributed by atoms with Gasteiger partial charge in [0.15, 0.2) is 0 Å². The molecule has 0 radical (unpaired) electrons. The van der Waals surface area contributed by atoms with Crippen LogP contribution in [0.3, 0.4) is 0 Å². The lowest BCUT2D eigenvalue weighted by Crippen LogP contribution is -2.29. The molecule has 0 saturated carbocycles. The van der Waals surface area contributed by atoms with E-state index < -0.39 is 0 Å². The van der Waals surface area contributed by atoms with E-state index in [1.165, 1.54) is 0 Å². The Morgan fingerprint density at radius 2 is 2.53 bits per heavy atom. The van der Waals surface area contributed by atoms with E-state index in [-0.39, 0.29) is 12.0 Å². The molecule has 1 N–H and O–H groups in total. The lowest BCUT2D eigenvalue weighted by Gasteiger charge is -2.13. The Balaban J connectivity index is 2.07. The first kappa shape index (κ1) is 10.2. The highest BCUT2D eigenvalue weighted by Crippen LogP contribution is 2.12. The van der Waals surface area contributed by atoms with Gasteiger partial charge in [-0.2, -0.15) is 5.10 Å². The number of aryl methyl sites for hydroxylation is 1. The van der Waals surface area contributed by atoms with Crippen LogP contribution in [0.5, 0.6) is 0 Å². The average molecular weight is 209 g/mol. The topological polar surface area (TPSA) is 58.4 Å². The van der Waals surface area contributed by atoms with E-state index in [1.807, 2.05) is 6.92 Å². The highest BCUT2D eigenvalue weighted by Gasteiger charge is 2.25. The monoisotopic (exact) mass is 209 g/mol. The molecule has 1 aromatic heterocycles. The molecule has 2 rings (SSSR count). The first-order valence-corrected chi connectivity index (χ1v) is 5.20. The van der Waals surface area contributed by atoms with Gasteiger partial charge in [-0.1, -0.05) is 0 Å². The van der Waals surface area contributed by atoms with E-state index in [2.05, 4.69) is 5.10 Å². The maximum Gasteiger partial charge on any atom is 0.257 e. The Bertz CT molecular complexity index is 361. The second kappa shape index (κ2) is 4.02. The molecule has 82 valence electrons. The van der Waals surface area contributed by atoms with Crippen molar-refractivity contribution in [1.29, 1.82) is 0 Å². The molecule has 2 heterocycles. The SMILES string of the molecule is CCn1cc(C(=O)N2CC[C@@H](O)C2)cn1. The van der Waals surface area contributed by atoms with E-state index >= 15 is 0 Å². The number of hydrogen-bond acceptors (Lipinski definition) is 3. The van der Waals surface area contributed by atoms with Gasteiger partial charge in [-0.3, -0.25) is 9.48 Å². The summed E-state index contributed by atoms with van der Waals surface area (Å²) in [5.74, 6) is -0.0359. The third-order valence-electron chi connectivity index (χ3n) is 2.65. The van der Waals surface area contributed by atoms with Crippen molar-refractivity contribution in [2.45, 2.75) is 26.0 Å². The molecule has 1 atom stereocenters. The summed E-state index contributed by atoms with van der Waals surface area (Å²) >= 11 is 0. The predicted octanol–water partition coefficient (Wildman–Crippen LogP) is 0.110. The number of rotatable bonds is 2. The van der Waals surface area contributed by atoms with Gasteiger partial charge in [-0.15, -0.1) is 0 Å². The molecule has 0 aromatic carbocycles. The number of carbonyl (C=O) groups is 1. The number of carbonyl (C=O) groups excluding carboxylic acids is 1. The van der Waals surface area contributed by atoms with Crippen LogP contribution in [0.1, 0.15) is 23.7 Å². The summed E-state index contributed by atoms with van der Waals surface area (Å²) in [6.45, 7) is 3.81. The molecular weight excluding hydrogens is 194 g/mol. The van der Waals surface area contributed by atoms with Crippen molar-refractivity contribution in [2.75, 3.05) is 13.1 Å². The van der Waals surface area contributed by atoms with Gasteiger partial charge in [0.1, 0.15) is 0 Å². The quantitative estimate of drug-likeness (QED) is 0.752. The van der Waals surface area contributed by atoms with E-state index in [1.54, 1.807) is 22.0 Å². The Morgan fingerprint density at radius 3 is 3.07 bits per heavy atom. The Hall–Kier alpha value is -1.36. The molecule has 0 spiro atoms. The third-order valence-corrected chi connectivity index (χ3v) is 2.65. The molecule has 1 aliphatic rings. The highest BCUT2D eigenvalue weighted by molar-refractivity contribution is 5.93. The van der Waals surface area contributed by atoms with Crippen molar-refractivity contribution in [3.05, 3.63) is 18.0 Å². The number of nitrogens with zero attached hydrogens (tertiary/aromatic N) is 3. The number of aromatic nitrogens is 2. The molecule has 15 heavy (non-hydrogen) atoms. The molecule has 1 fully saturated rings. The van der Waals surface area contributed by atoms with Gasteiger partial charge in [0, 0.05) is 25.8 Å². The molecule has 5 heteroatoms. The first-order chi connectivity index (χ1) is 7.20. The number of hydrogen-bond donors (Lipinski definition) is 1. The number of aliphatic hydroxyl groups is 1. The normalized spacial score (nSPS) is 20.9. The summed E-state index contributed by atoms with van der Waals surface area (Å²) in [6, 6.07) is 0. The number of amides is 1. The minimum absolute atomic E-state index is 0.0359. The van der Waals surface area contributed by atoms with Crippen LogP contribution in [0.2, 0.25) is 0 Å². The van der Waals surface area contributed by atoms with Gasteiger partial charge < -0.3 is 10.0 Å². The highest BCUT2D eigenvalue weighted by atomic mass is 16.3. The van der Waals surface area contributed by atoms with Crippen LogP contribution in [0, 0.1) is 0 Å². The molecule has 1 aliphatic heterocycles. The maximum atomic E-state index is 11.9. The van der Waals surface area contributed by atoms with Gasteiger partial charge in [0.05, 0.1) is 17.9 Å². The van der Waals surface area contributed by atoms with Crippen LogP contribution in [-0.2, 0) is 6.54 Å². The molecular formula is C10H15N3O2. The van der Waals surface area contributed by atoms with Crippen LogP contribution >= 0.6 is 0 Å². The van der Waals surface area contributed by atoms with E-state index in [0.717, 1.165) is 6.54 Å². The van der Waals surface area contributed by atoms with Gasteiger partial charge in [-0.25, -0.2) is 0 Å². The van der Waals surface area contributed by atoms with Crippen molar-refractivity contribution in [3.8, 4) is 0 Å². The zero-order valence-electron chi connectivity index (χ0n) is 8.76. The summed E-state index contributed by atoms with van der Waals surface area (Å²) in [4.78, 5) is 13.6. The Morgan fingerprint density at radius 1 is 1.73 bits per heavy atom. The molecule has 5 nitrogen and oxygen atoms in total. The minimum atomic E-state index is -0.366. The molecule has 0 bridgehead atoms. The fourth-order valence-corrected chi connectivity index (χ4v) is 1.76. The summed E-state index contributed by atoms with van der Waals surface area (Å²) in [5, 5.41) is 13.4. The zero-order chi connectivity index (χ0) is 10.8. The molecule has 0 unspecified atom stereocenters. The molecule has 0 aliphatic carbocycles. The fraction of sp³-hybridized carbons (Fsp3) is 0.600. The minimum Gasteiger partial charge on any atom is -0.391 e. The largest absolute Gasteiger partial charge is 0.391 e. The first-order valence-electron chi connectivity index (χ1n) is 5.20. The Kier molecular flexibility index (Phi) is 2.73. The zero-order valence-corrected chi connectivity index (χ0v) is 8.76. The maximum absolute atomic E-state index is 11.9. The molecule has 1 amide bonds. The van der Waals surface area contributed by atoms with Crippen molar-refractivity contribution in [3.63, 3.8) is 0 Å². The predicted molar refractivity (Wildman–Crippen MR) is 54.4 cm³/mol. The summed E-state index contributed by atoms with van der Waals surface area (Å²) < 4.78 is 1.72. The average Bonchev–Trinajstić information content (AvgIpc) is 2.84. The van der Waals surface area contributed by atoms with Crippen molar-refractivity contribution in [2.24, 2.45) is 0 Å². The van der Waals surface area contributed by atoms with Crippen molar-refractivity contribution in [1.82, 2.24) is 14.7 Å². The van der Waals surface area contributed by atoms with Crippen molar-refractivity contribution < 1.29 is 9.90 Å². The lowest BCUT2D eigenvalue weighted by molar-refractivity contribution is 0.0765. The standard InChI is InChI=1S/C10H15N3O2/c1-2-13-6-8(5-11-13)10(15)12-4-3-9(14)7-12/h5-6,9,14H,2-4,7H2,1H3/t9-/m1/s1. The van der Waals surface area contributed by atoms with Gasteiger partial charge in [-0.05, 0) is 13.3 Å². The summed E-state index contributed by atoms with van der Waals surface area (Å²) in [6.07, 6.45) is 3.63. The molecule has 1 aromatic rings. The van der Waals surface area contributed by atoms with Gasteiger partial charge in [0.25, 0.3) is 5.91 Å². The number of β-amino-alcohol motifs (C(OH)–C–C–N with tert-alkyl or cyclic N) is 1. The number of aliphatic hydroxyl groups excluding tert-OH is 1. The van der Waals surface area contributed by atoms with Crippen LogP contribution in [-0.4, -0.2) is 44.9 Å².